The minimum absolute atomic E-state index is 0.0118. The zero-order valence-corrected chi connectivity index (χ0v) is 22.0. The first-order valence-electron chi connectivity index (χ1n) is 13.4. The number of nitrogens with zero attached hydrogens (tertiary/aromatic N) is 3. The normalized spacial score (nSPS) is 17.3. The van der Waals surface area contributed by atoms with Crippen LogP contribution in [0.1, 0.15) is 44.7 Å². The zero-order chi connectivity index (χ0) is 26.9. The van der Waals surface area contributed by atoms with Crippen molar-refractivity contribution in [3.8, 4) is 0 Å². The molecule has 3 aliphatic rings. The summed E-state index contributed by atoms with van der Waals surface area (Å²) >= 11 is 0. The Hall–Kier alpha value is -4.58. The molecule has 1 N–H and O–H groups in total. The highest BCUT2D eigenvalue weighted by Gasteiger charge is 2.29. The monoisotopic (exact) mass is 517 g/mol. The van der Waals surface area contributed by atoms with E-state index in [2.05, 4.69) is 76.8 Å². The summed E-state index contributed by atoms with van der Waals surface area (Å²) in [7, 11) is 1.76. The highest BCUT2D eigenvalue weighted by atomic mass is 16.4. The van der Waals surface area contributed by atoms with Crippen LogP contribution in [0.15, 0.2) is 108 Å². The molecule has 0 atom stereocenters. The minimum Gasteiger partial charge on any atom is -0.478 e. The average molecular weight is 518 g/mol. The Kier molecular flexibility index (Phi) is 6.53. The number of hydrogen-bond acceptors (Lipinski definition) is 4. The van der Waals surface area contributed by atoms with E-state index in [1.807, 2.05) is 0 Å². The van der Waals surface area contributed by atoms with Crippen LogP contribution >= 0.6 is 0 Å². The number of carbonyl (C=O) groups is 2. The maximum Gasteiger partial charge on any atom is 0.336 e. The lowest BCUT2D eigenvalue weighted by Gasteiger charge is -2.24. The van der Waals surface area contributed by atoms with E-state index in [-0.39, 0.29) is 17.0 Å². The number of amides is 1. The van der Waals surface area contributed by atoms with Crippen molar-refractivity contribution in [3.63, 3.8) is 0 Å². The van der Waals surface area contributed by atoms with Crippen molar-refractivity contribution in [2.75, 3.05) is 29.9 Å². The van der Waals surface area contributed by atoms with Gasteiger partial charge in [0.05, 0.1) is 16.8 Å². The first-order chi connectivity index (χ1) is 19.0. The van der Waals surface area contributed by atoms with Gasteiger partial charge in [-0.25, -0.2) is 4.79 Å². The second-order valence-corrected chi connectivity index (χ2v) is 10.2. The van der Waals surface area contributed by atoms with Crippen LogP contribution in [0.25, 0.3) is 0 Å². The lowest BCUT2D eigenvalue weighted by molar-refractivity contribution is 0.0686. The van der Waals surface area contributed by atoms with E-state index < -0.39 is 5.97 Å². The maximum atomic E-state index is 13.8. The molecule has 6 nitrogen and oxygen atoms in total. The van der Waals surface area contributed by atoms with Crippen LogP contribution in [0.3, 0.4) is 0 Å². The topological polar surface area (TPSA) is 64.1 Å². The number of benzene rings is 3. The van der Waals surface area contributed by atoms with Crippen LogP contribution in [0.4, 0.5) is 11.4 Å². The number of carbonyl (C=O) groups excluding carboxylic acids is 1. The van der Waals surface area contributed by atoms with Gasteiger partial charge >= 0.3 is 5.97 Å². The van der Waals surface area contributed by atoms with E-state index in [4.69, 9.17) is 0 Å². The second-order valence-electron chi connectivity index (χ2n) is 10.2. The van der Waals surface area contributed by atoms with Crippen LogP contribution in [-0.4, -0.2) is 42.0 Å². The van der Waals surface area contributed by atoms with E-state index >= 15 is 0 Å². The number of carboxylic acids is 1. The summed E-state index contributed by atoms with van der Waals surface area (Å²) in [5.41, 5.74) is 8.30. The highest BCUT2D eigenvalue weighted by molar-refractivity contribution is 6.05. The van der Waals surface area contributed by atoms with Gasteiger partial charge in [-0.15, -0.1) is 0 Å². The lowest BCUT2D eigenvalue weighted by Crippen LogP contribution is -2.29. The van der Waals surface area contributed by atoms with Gasteiger partial charge in [0.25, 0.3) is 5.91 Å². The molecule has 0 saturated carbocycles. The summed E-state index contributed by atoms with van der Waals surface area (Å²) in [5, 5.41) is 9.72. The SMILES string of the molecule is CN(C(=O)c1ccccc1C(=O)O)C1=C(C=CN2CCc3ccccc32)CCC1=CN1CCc2ccccc21. The number of likely N-dealkylation sites (N-methyl/N-ethyl adjacent to an activating group) is 1. The summed E-state index contributed by atoms with van der Waals surface area (Å²) < 4.78 is 0. The summed E-state index contributed by atoms with van der Waals surface area (Å²) in [6, 6.07) is 23.3. The van der Waals surface area contributed by atoms with Crippen molar-refractivity contribution in [3.05, 3.63) is 130 Å². The summed E-state index contributed by atoms with van der Waals surface area (Å²) in [4.78, 5) is 31.8. The molecular weight excluding hydrogens is 486 g/mol. The van der Waals surface area contributed by atoms with E-state index in [0.717, 1.165) is 55.6 Å². The first-order valence-corrected chi connectivity index (χ1v) is 13.4. The van der Waals surface area contributed by atoms with Gasteiger partial charge in [-0.05, 0) is 78.3 Å². The number of para-hydroxylation sites is 2. The minimum atomic E-state index is -1.11. The van der Waals surface area contributed by atoms with E-state index in [0.29, 0.717) is 0 Å². The third kappa shape index (κ3) is 4.63. The van der Waals surface area contributed by atoms with Crippen molar-refractivity contribution < 1.29 is 14.7 Å². The maximum absolute atomic E-state index is 13.8. The van der Waals surface area contributed by atoms with Gasteiger partial charge in [0.2, 0.25) is 0 Å². The predicted molar refractivity (Wildman–Crippen MR) is 154 cm³/mol. The fourth-order valence-electron chi connectivity index (χ4n) is 5.95. The number of fused-ring (bicyclic) bond motifs is 2. The van der Waals surface area contributed by atoms with Gasteiger partial charge in [-0.2, -0.15) is 0 Å². The van der Waals surface area contributed by atoms with Gasteiger partial charge < -0.3 is 19.8 Å². The van der Waals surface area contributed by atoms with Crippen LogP contribution in [-0.2, 0) is 12.8 Å². The molecule has 0 saturated heterocycles. The largest absolute Gasteiger partial charge is 0.478 e. The fourth-order valence-corrected chi connectivity index (χ4v) is 5.95. The smallest absolute Gasteiger partial charge is 0.336 e. The Morgan fingerprint density at radius 2 is 1.36 bits per heavy atom. The van der Waals surface area contributed by atoms with Crippen LogP contribution in [0.2, 0.25) is 0 Å². The molecule has 6 rings (SSSR count). The second kappa shape index (κ2) is 10.3. The molecule has 0 radical (unpaired) electrons. The van der Waals surface area contributed by atoms with Gasteiger partial charge in [-0.3, -0.25) is 4.79 Å². The number of allylic oxidation sites excluding steroid dienone is 3. The molecule has 0 fully saturated rings. The number of hydrogen-bond donors (Lipinski definition) is 1. The van der Waals surface area contributed by atoms with Crippen molar-refractivity contribution >= 4 is 23.3 Å². The van der Waals surface area contributed by atoms with E-state index in [1.165, 1.54) is 28.6 Å². The molecule has 0 aromatic heterocycles. The van der Waals surface area contributed by atoms with E-state index in [1.54, 1.807) is 30.1 Å². The number of aromatic carboxylic acids is 1. The van der Waals surface area contributed by atoms with Gasteiger partial charge in [-0.1, -0.05) is 48.5 Å². The number of carboxylic acid groups (broad SMARTS) is 1. The molecular formula is C33H31N3O3. The Morgan fingerprint density at radius 1 is 0.769 bits per heavy atom. The molecule has 2 aliphatic heterocycles. The van der Waals surface area contributed by atoms with Gasteiger partial charge in [0, 0.05) is 43.9 Å². The molecule has 3 aromatic rings. The van der Waals surface area contributed by atoms with E-state index in [9.17, 15) is 14.7 Å². The van der Waals surface area contributed by atoms with Crippen molar-refractivity contribution in [1.29, 1.82) is 0 Å². The molecule has 196 valence electrons. The third-order valence-corrected chi connectivity index (χ3v) is 7.91. The Balaban J connectivity index is 1.38. The highest BCUT2D eigenvalue weighted by Crippen LogP contribution is 2.38. The molecule has 2 heterocycles. The quantitative estimate of drug-likeness (QED) is 0.433. The molecule has 39 heavy (non-hydrogen) atoms. The molecule has 1 aliphatic carbocycles. The van der Waals surface area contributed by atoms with Crippen LogP contribution < -0.4 is 9.80 Å². The Bertz CT molecular complexity index is 1550. The first kappa shape index (κ1) is 24.7. The third-order valence-electron chi connectivity index (χ3n) is 7.91. The number of anilines is 2. The Morgan fingerprint density at radius 3 is 2.05 bits per heavy atom. The lowest BCUT2D eigenvalue weighted by atomic mass is 10.1. The zero-order valence-electron chi connectivity index (χ0n) is 22.0. The average Bonchev–Trinajstić information content (AvgIpc) is 3.68. The van der Waals surface area contributed by atoms with Crippen LogP contribution in [0.5, 0.6) is 0 Å². The van der Waals surface area contributed by atoms with Gasteiger partial charge in [0.15, 0.2) is 0 Å². The van der Waals surface area contributed by atoms with Gasteiger partial charge in [0.1, 0.15) is 0 Å². The van der Waals surface area contributed by atoms with Crippen LogP contribution in [0, 0.1) is 0 Å². The van der Waals surface area contributed by atoms with Crippen molar-refractivity contribution in [2.45, 2.75) is 25.7 Å². The molecule has 0 spiro atoms. The van der Waals surface area contributed by atoms with Crippen molar-refractivity contribution in [1.82, 2.24) is 4.90 Å². The van der Waals surface area contributed by atoms with Crippen molar-refractivity contribution in [2.24, 2.45) is 0 Å². The molecule has 6 heteroatoms. The molecule has 0 bridgehead atoms. The molecule has 3 aromatic carbocycles. The standard InChI is InChI=1S/C33H31N3O3/c1-34(32(37)27-10-4-5-11-28(27)33(38)39)31-25(18-20-35-19-16-23-8-2-6-12-29(23)35)14-15-26(31)22-36-21-17-24-9-3-7-13-30(24)36/h2-13,18,20,22H,14-17,19,21H2,1H3,(H,38,39). The molecule has 1 amide bonds. The summed E-state index contributed by atoms with van der Waals surface area (Å²) in [5.74, 6) is -1.43. The summed E-state index contributed by atoms with van der Waals surface area (Å²) in [6.07, 6.45) is 10.0. The Labute approximate surface area is 228 Å². The predicted octanol–water partition coefficient (Wildman–Crippen LogP) is 6.03. The number of rotatable bonds is 6. The molecule has 0 unspecified atom stereocenters. The fraction of sp³-hybridized carbons (Fsp3) is 0.212. The summed E-state index contributed by atoms with van der Waals surface area (Å²) in [6.45, 7) is 1.82.